The molecule has 1 aliphatic carbocycles. The third kappa shape index (κ3) is 9.79. The molecule has 0 unspecified atom stereocenters. The highest BCUT2D eigenvalue weighted by molar-refractivity contribution is 5.81. The summed E-state index contributed by atoms with van der Waals surface area (Å²) >= 11 is 0. The summed E-state index contributed by atoms with van der Waals surface area (Å²) in [6.45, 7) is 6.71. The van der Waals surface area contributed by atoms with Crippen molar-refractivity contribution in [3.05, 3.63) is 143 Å². The molecule has 1 heterocycles. The summed E-state index contributed by atoms with van der Waals surface area (Å²) in [7, 11) is 0. The van der Waals surface area contributed by atoms with Crippen LogP contribution in [0.15, 0.2) is 109 Å². The van der Waals surface area contributed by atoms with Gasteiger partial charge in [-0.05, 0) is 70.5 Å². The molecule has 1 aliphatic rings. The monoisotopic (exact) mass is 739 g/mol. The first-order valence-electron chi connectivity index (χ1n) is 17.9. The molecule has 1 amide bonds. The number of fused-ring (bicyclic) bond motifs is 3. The van der Waals surface area contributed by atoms with E-state index in [-0.39, 0.29) is 55.7 Å². The zero-order valence-corrected chi connectivity index (χ0v) is 30.6. The van der Waals surface area contributed by atoms with Crippen LogP contribution in [0.5, 0.6) is 0 Å². The van der Waals surface area contributed by atoms with Gasteiger partial charge in [-0.25, -0.2) is 18.4 Å². The lowest BCUT2D eigenvalue weighted by Gasteiger charge is -2.33. The zero-order valence-electron chi connectivity index (χ0n) is 30.6. The predicted molar refractivity (Wildman–Crippen MR) is 204 cm³/mol. The van der Waals surface area contributed by atoms with Gasteiger partial charge in [-0.3, -0.25) is 0 Å². The number of aliphatic hydroxyl groups excluding tert-OH is 2. The van der Waals surface area contributed by atoms with Gasteiger partial charge in [-0.2, -0.15) is 0 Å². The van der Waals surface area contributed by atoms with Gasteiger partial charge in [0.2, 0.25) is 0 Å². The third-order valence-corrected chi connectivity index (χ3v) is 9.34. The highest BCUT2D eigenvalue weighted by Gasteiger charge is 2.32. The number of carbonyl (C=O) groups is 2. The van der Waals surface area contributed by atoms with Gasteiger partial charge >= 0.3 is 12.1 Å². The Kier molecular flexibility index (Phi) is 13.4. The summed E-state index contributed by atoms with van der Waals surface area (Å²) in [6, 6.07) is 29.6. The van der Waals surface area contributed by atoms with Crippen LogP contribution < -0.4 is 10.6 Å². The molecule has 0 fully saturated rings. The maximum Gasteiger partial charge on any atom is 0.407 e. The van der Waals surface area contributed by atoms with E-state index in [1.54, 1.807) is 0 Å². The van der Waals surface area contributed by atoms with E-state index in [4.69, 9.17) is 14.9 Å². The molecule has 6 rings (SSSR count). The summed E-state index contributed by atoms with van der Waals surface area (Å²) in [6.07, 6.45) is 1.10. The smallest absolute Gasteiger partial charge is 0.407 e. The van der Waals surface area contributed by atoms with Crippen LogP contribution in [-0.4, -0.2) is 64.4 Å². The normalized spacial score (nSPS) is 13.2. The molecule has 0 aliphatic heterocycles. The molecule has 0 saturated carbocycles. The number of nitrogens with zero attached hydrogens (tertiary/aromatic N) is 1. The molecule has 0 saturated heterocycles. The first-order chi connectivity index (χ1) is 25.9. The number of halogens is 2. The summed E-state index contributed by atoms with van der Waals surface area (Å²) in [5, 5.41) is 31.3. The largest absolute Gasteiger partial charge is 0.480 e. The average molecular weight is 740 g/mol. The molecule has 5 aromatic rings. The quantitative estimate of drug-likeness (QED) is 0.0845. The topological polar surface area (TPSA) is 133 Å². The van der Waals surface area contributed by atoms with Gasteiger partial charge in [-0.1, -0.05) is 99.6 Å². The Balaban J connectivity index is 0.00000133. The number of hydrogen-bond acceptors (Lipinski definition) is 6. The van der Waals surface area contributed by atoms with Crippen molar-refractivity contribution in [2.24, 2.45) is 5.41 Å². The number of carboxylic acids is 1. The number of aromatic nitrogens is 1. The predicted octanol–water partition coefficient (Wildman–Crippen LogP) is 7.51. The molecular formula is C43H47F2N3O6. The van der Waals surface area contributed by atoms with Gasteiger partial charge in [0, 0.05) is 35.5 Å². The van der Waals surface area contributed by atoms with Gasteiger partial charge < -0.3 is 35.3 Å². The molecule has 9 nitrogen and oxygen atoms in total. The van der Waals surface area contributed by atoms with Crippen LogP contribution in [-0.2, 0) is 16.1 Å². The van der Waals surface area contributed by atoms with E-state index < -0.39 is 29.7 Å². The first-order valence-corrected chi connectivity index (χ1v) is 17.9. The minimum atomic E-state index is -1.20. The molecule has 4 aromatic carbocycles. The van der Waals surface area contributed by atoms with Crippen molar-refractivity contribution in [3.8, 4) is 22.3 Å². The van der Waals surface area contributed by atoms with Crippen LogP contribution >= 0.6 is 0 Å². The lowest BCUT2D eigenvalue weighted by atomic mass is 9.84. The summed E-state index contributed by atoms with van der Waals surface area (Å²) in [5.74, 6) is -2.39. The van der Waals surface area contributed by atoms with E-state index in [1.165, 1.54) is 6.07 Å². The Bertz CT molecular complexity index is 1980. The van der Waals surface area contributed by atoms with Crippen molar-refractivity contribution in [1.82, 2.24) is 15.2 Å². The second kappa shape index (κ2) is 18.1. The van der Waals surface area contributed by atoms with Crippen molar-refractivity contribution in [3.63, 3.8) is 0 Å². The lowest BCUT2D eigenvalue weighted by molar-refractivity contribution is -0.139. The number of nitrogens with one attached hydrogen (secondary N) is 2. The van der Waals surface area contributed by atoms with Gasteiger partial charge in [-0.15, -0.1) is 0 Å². The number of carbonyl (C=O) groups excluding carboxylic acids is 1. The van der Waals surface area contributed by atoms with Crippen molar-refractivity contribution in [1.29, 1.82) is 0 Å². The van der Waals surface area contributed by atoms with Crippen LogP contribution in [0.3, 0.4) is 0 Å². The molecule has 284 valence electrons. The number of carboxylic acid groups (broad SMARTS) is 1. The van der Waals surface area contributed by atoms with E-state index in [0.717, 1.165) is 45.6 Å². The SMILES string of the molecule is CC(C)(C)[C@@H](NCC[C@H](NC(=O)OCC1c2ccccc2-c2ccccc21)C(=O)O)c1cc(-c2cc(F)ccc2F)cn1Cc1ccccc1.OCCO. The van der Waals surface area contributed by atoms with Gasteiger partial charge in [0.05, 0.1) is 19.3 Å². The van der Waals surface area contributed by atoms with E-state index in [0.29, 0.717) is 12.1 Å². The second-order valence-corrected chi connectivity index (χ2v) is 14.2. The molecule has 1 aromatic heterocycles. The molecule has 0 bridgehead atoms. The number of rotatable bonds is 13. The first kappa shape index (κ1) is 39.8. The molecule has 54 heavy (non-hydrogen) atoms. The zero-order chi connectivity index (χ0) is 38.8. The summed E-state index contributed by atoms with van der Waals surface area (Å²) in [4.78, 5) is 25.2. The Morgan fingerprint density at radius 1 is 0.833 bits per heavy atom. The maximum atomic E-state index is 14.9. The fourth-order valence-electron chi connectivity index (χ4n) is 6.82. The van der Waals surface area contributed by atoms with Crippen molar-refractivity contribution in [2.45, 2.75) is 51.7 Å². The minimum absolute atomic E-state index is 0.0726. The van der Waals surface area contributed by atoms with Gasteiger partial charge in [0.1, 0.15) is 24.3 Å². The van der Waals surface area contributed by atoms with E-state index in [9.17, 15) is 23.5 Å². The highest BCUT2D eigenvalue weighted by Crippen LogP contribution is 2.44. The molecule has 0 radical (unpaired) electrons. The van der Waals surface area contributed by atoms with Gasteiger partial charge in [0.25, 0.3) is 0 Å². The van der Waals surface area contributed by atoms with Crippen LogP contribution in [0.2, 0.25) is 0 Å². The molecular weight excluding hydrogens is 692 g/mol. The number of ether oxygens (including phenoxy) is 1. The fraction of sp³-hybridized carbons (Fsp3) is 0.302. The van der Waals surface area contributed by atoms with Crippen molar-refractivity contribution < 1.29 is 38.4 Å². The number of aliphatic carboxylic acids is 1. The average Bonchev–Trinajstić information content (AvgIpc) is 3.71. The summed E-state index contributed by atoms with van der Waals surface area (Å²) < 4.78 is 36.7. The standard InChI is InChI=1S/C41H41F2N3O4.C2H6O2/c1-41(2,3)38(37-21-27(33-22-28(42)17-18-35(33)43)24-46(37)23-26-11-5-4-6-12-26)44-20-19-36(39(47)48)45-40(49)50-25-34-31-15-9-7-13-29(31)30-14-8-10-16-32(30)34;3-1-2-4/h4-18,21-22,24,34,36,38,44H,19-20,23,25H2,1-3H3,(H,45,49)(H,47,48);3-4H,1-2H2/t36-,38-;/m0./s1. The van der Waals surface area contributed by atoms with Crippen LogP contribution in [0.1, 0.15) is 61.5 Å². The number of benzene rings is 4. The minimum Gasteiger partial charge on any atom is -0.480 e. The Morgan fingerprint density at radius 3 is 2.04 bits per heavy atom. The fourth-order valence-corrected chi connectivity index (χ4v) is 6.82. The van der Waals surface area contributed by atoms with Gasteiger partial charge in [0.15, 0.2) is 0 Å². The summed E-state index contributed by atoms with van der Waals surface area (Å²) in [5.41, 5.74) is 6.50. The number of aliphatic hydroxyl groups is 2. The molecule has 11 heteroatoms. The van der Waals surface area contributed by atoms with E-state index >= 15 is 0 Å². The molecule has 2 atom stereocenters. The number of amides is 1. The van der Waals surface area contributed by atoms with Crippen molar-refractivity contribution in [2.75, 3.05) is 26.4 Å². The van der Waals surface area contributed by atoms with Crippen LogP contribution in [0.4, 0.5) is 13.6 Å². The lowest BCUT2D eigenvalue weighted by Crippen LogP contribution is -2.44. The van der Waals surface area contributed by atoms with Crippen molar-refractivity contribution >= 4 is 12.1 Å². The molecule has 0 spiro atoms. The van der Waals surface area contributed by atoms with Crippen LogP contribution in [0, 0.1) is 17.0 Å². The highest BCUT2D eigenvalue weighted by atomic mass is 19.1. The number of alkyl carbamates (subject to hydrolysis) is 1. The van der Waals surface area contributed by atoms with Crippen LogP contribution in [0.25, 0.3) is 22.3 Å². The number of hydrogen-bond donors (Lipinski definition) is 5. The maximum absolute atomic E-state index is 14.9. The van der Waals surface area contributed by atoms with E-state index in [2.05, 4.69) is 31.4 Å². The Labute approximate surface area is 314 Å². The molecule has 5 N–H and O–H groups in total. The third-order valence-electron chi connectivity index (χ3n) is 9.34. The second-order valence-electron chi connectivity index (χ2n) is 14.2. The Hall–Kier alpha value is -5.36. The Morgan fingerprint density at radius 2 is 1.44 bits per heavy atom. The van der Waals surface area contributed by atoms with E-state index in [1.807, 2.05) is 95.7 Å².